The van der Waals surface area contributed by atoms with Crippen molar-refractivity contribution in [1.82, 2.24) is 25.1 Å². The zero-order valence-electron chi connectivity index (χ0n) is 23.4. The van der Waals surface area contributed by atoms with Gasteiger partial charge in [0.2, 0.25) is 0 Å². The summed E-state index contributed by atoms with van der Waals surface area (Å²) in [6, 6.07) is 15.3. The average Bonchev–Trinajstić information content (AvgIpc) is 3.23. The van der Waals surface area contributed by atoms with Crippen LogP contribution in [-0.4, -0.2) is 58.1 Å². The first-order valence-corrected chi connectivity index (χ1v) is 13.4. The van der Waals surface area contributed by atoms with E-state index in [9.17, 15) is 0 Å². The highest BCUT2D eigenvalue weighted by molar-refractivity contribution is 6.00. The van der Waals surface area contributed by atoms with Gasteiger partial charge in [0, 0.05) is 56.1 Å². The van der Waals surface area contributed by atoms with Crippen LogP contribution in [0.2, 0.25) is 0 Å². The van der Waals surface area contributed by atoms with Gasteiger partial charge in [-0.1, -0.05) is 18.2 Å². The third kappa shape index (κ3) is 4.98. The Bertz CT molecular complexity index is 1420. The molecule has 0 spiro atoms. The zero-order valence-corrected chi connectivity index (χ0v) is 23.4. The second-order valence-electron chi connectivity index (χ2n) is 11.0. The van der Waals surface area contributed by atoms with E-state index in [1.807, 2.05) is 4.68 Å². The molecule has 0 aliphatic carbocycles. The summed E-state index contributed by atoms with van der Waals surface area (Å²) < 4.78 is 7.56. The van der Waals surface area contributed by atoms with Crippen LogP contribution < -0.4 is 16.0 Å². The molecule has 0 bridgehead atoms. The summed E-state index contributed by atoms with van der Waals surface area (Å²) in [5.74, 6) is 1.12. The number of ether oxygens (including phenoxy) is 1. The molecule has 0 saturated carbocycles. The molecule has 0 radical (unpaired) electrons. The van der Waals surface area contributed by atoms with Gasteiger partial charge in [0.05, 0.1) is 16.7 Å². The maximum absolute atomic E-state index is 6.54. The monoisotopic (exact) mass is 513 g/mol. The van der Waals surface area contributed by atoms with E-state index in [1.165, 1.54) is 5.69 Å². The largest absolute Gasteiger partial charge is 0.382 e. The van der Waals surface area contributed by atoms with E-state index < -0.39 is 0 Å². The van der Waals surface area contributed by atoms with Gasteiger partial charge in [-0.25, -0.2) is 14.6 Å². The molecule has 38 heavy (non-hydrogen) atoms. The topological polar surface area (TPSA) is 94.1 Å². The minimum atomic E-state index is -0.282. The number of nitrogens with two attached hydrogens (primary N) is 1. The number of hydrogen-bond acceptors (Lipinski definition) is 7. The van der Waals surface area contributed by atoms with E-state index in [0.717, 1.165) is 65.0 Å². The highest BCUT2D eigenvalue weighted by Gasteiger charge is 2.24. The molecule has 1 aliphatic rings. The Morgan fingerprint density at radius 1 is 1.08 bits per heavy atom. The van der Waals surface area contributed by atoms with E-state index in [-0.39, 0.29) is 5.60 Å². The summed E-state index contributed by atoms with van der Waals surface area (Å²) in [4.78, 5) is 12.6. The molecule has 1 aliphatic heterocycles. The predicted molar refractivity (Wildman–Crippen MR) is 155 cm³/mol. The summed E-state index contributed by atoms with van der Waals surface area (Å²) in [6.07, 6.45) is 0.773. The minimum absolute atomic E-state index is 0.282. The first-order chi connectivity index (χ1) is 18.2. The molecular formula is C30H39N7O. The predicted octanol–water partition coefficient (Wildman–Crippen LogP) is 4.97. The molecule has 1 saturated heterocycles. The number of aryl methyl sites for hydroxylation is 3. The molecule has 0 amide bonds. The molecule has 2 aromatic carbocycles. The smallest absolute Gasteiger partial charge is 0.164 e. The first-order valence-electron chi connectivity index (χ1n) is 13.4. The summed E-state index contributed by atoms with van der Waals surface area (Å²) in [7, 11) is 1.74. The van der Waals surface area contributed by atoms with Gasteiger partial charge >= 0.3 is 0 Å². The van der Waals surface area contributed by atoms with E-state index in [4.69, 9.17) is 25.5 Å². The maximum Gasteiger partial charge on any atom is 0.164 e. The van der Waals surface area contributed by atoms with Crippen molar-refractivity contribution in [3.8, 4) is 22.6 Å². The molecule has 3 heterocycles. The number of aromatic nitrogens is 4. The van der Waals surface area contributed by atoms with Gasteiger partial charge in [0.15, 0.2) is 17.3 Å². The van der Waals surface area contributed by atoms with Crippen molar-refractivity contribution in [3.63, 3.8) is 0 Å². The number of fused-ring (bicyclic) bond motifs is 1. The van der Waals surface area contributed by atoms with E-state index in [0.29, 0.717) is 24.2 Å². The Kier molecular flexibility index (Phi) is 7.11. The third-order valence-electron chi connectivity index (χ3n) is 7.77. The standard InChI is InChI=1S/C30H39N7O/c1-19-8-7-9-20(2)24(19)26-25-27(31)35-37(16-14-30(4,5)38-6)29(25)34-28(33-26)22-10-12-23(13-11-22)36-17-15-32-18-21(36)3/h7-13,21,32H,14-18H2,1-6H3,(H2,31,35). The fourth-order valence-electron chi connectivity index (χ4n) is 5.26. The molecule has 200 valence electrons. The van der Waals surface area contributed by atoms with Crippen LogP contribution in [0.15, 0.2) is 42.5 Å². The van der Waals surface area contributed by atoms with Gasteiger partial charge in [0.25, 0.3) is 0 Å². The van der Waals surface area contributed by atoms with Crippen molar-refractivity contribution in [2.24, 2.45) is 0 Å². The van der Waals surface area contributed by atoms with E-state index >= 15 is 0 Å². The van der Waals surface area contributed by atoms with Crippen molar-refractivity contribution in [1.29, 1.82) is 0 Å². The number of methoxy groups -OCH3 is 1. The molecule has 8 heteroatoms. The molecule has 3 N–H and O–H groups in total. The molecule has 4 aromatic rings. The zero-order chi connectivity index (χ0) is 27.0. The van der Waals surface area contributed by atoms with Crippen LogP contribution in [0, 0.1) is 13.8 Å². The van der Waals surface area contributed by atoms with Gasteiger partial charge in [-0.2, -0.15) is 5.10 Å². The summed E-state index contributed by atoms with van der Waals surface area (Å²) in [6.45, 7) is 14.2. The number of nitrogen functional groups attached to an aromatic ring is 1. The van der Waals surface area contributed by atoms with E-state index in [2.05, 4.69) is 87.3 Å². The third-order valence-corrected chi connectivity index (χ3v) is 7.77. The van der Waals surface area contributed by atoms with Crippen LogP contribution in [0.4, 0.5) is 11.5 Å². The molecule has 1 atom stereocenters. The lowest BCUT2D eigenvalue weighted by atomic mass is 9.98. The Morgan fingerprint density at radius 2 is 1.79 bits per heavy atom. The summed E-state index contributed by atoms with van der Waals surface area (Å²) in [5.41, 5.74) is 13.4. The van der Waals surface area contributed by atoms with Crippen LogP contribution in [0.3, 0.4) is 0 Å². The molecule has 8 nitrogen and oxygen atoms in total. The summed E-state index contributed by atoms with van der Waals surface area (Å²) in [5, 5.41) is 8.98. The van der Waals surface area contributed by atoms with Crippen LogP contribution in [0.25, 0.3) is 33.7 Å². The van der Waals surface area contributed by atoms with Crippen LogP contribution >= 0.6 is 0 Å². The van der Waals surface area contributed by atoms with Crippen LogP contribution in [-0.2, 0) is 11.3 Å². The Hall–Kier alpha value is -3.49. The maximum atomic E-state index is 6.54. The molecule has 2 aromatic heterocycles. The van der Waals surface area contributed by atoms with E-state index in [1.54, 1.807) is 7.11 Å². The van der Waals surface area contributed by atoms with Crippen molar-refractivity contribution >= 4 is 22.5 Å². The highest BCUT2D eigenvalue weighted by atomic mass is 16.5. The van der Waals surface area contributed by atoms with Crippen LogP contribution in [0.5, 0.6) is 0 Å². The molecular weight excluding hydrogens is 474 g/mol. The van der Waals surface area contributed by atoms with Gasteiger partial charge in [-0.05, 0) is 76.4 Å². The number of hydrogen-bond donors (Lipinski definition) is 2. The molecule has 1 unspecified atom stereocenters. The lowest BCUT2D eigenvalue weighted by molar-refractivity contribution is 0.0116. The average molecular weight is 514 g/mol. The summed E-state index contributed by atoms with van der Waals surface area (Å²) >= 11 is 0. The normalized spacial score (nSPS) is 16.4. The van der Waals surface area contributed by atoms with Crippen LogP contribution in [0.1, 0.15) is 38.3 Å². The highest BCUT2D eigenvalue weighted by Crippen LogP contribution is 2.36. The van der Waals surface area contributed by atoms with Gasteiger partial charge in [-0.15, -0.1) is 0 Å². The lowest BCUT2D eigenvalue weighted by Crippen LogP contribution is -2.49. The van der Waals surface area contributed by atoms with Gasteiger partial charge < -0.3 is 20.7 Å². The number of anilines is 2. The minimum Gasteiger partial charge on any atom is -0.382 e. The lowest BCUT2D eigenvalue weighted by Gasteiger charge is -2.36. The number of nitrogens with zero attached hydrogens (tertiary/aromatic N) is 5. The van der Waals surface area contributed by atoms with Crippen molar-refractivity contribution < 1.29 is 4.74 Å². The SMILES string of the molecule is COC(C)(C)CCn1nc(N)c2c(-c3c(C)cccc3C)nc(-c3ccc(N4CCNCC4C)cc3)nc21. The Morgan fingerprint density at radius 3 is 2.45 bits per heavy atom. The Labute approximate surface area is 225 Å². The van der Waals surface area contributed by atoms with Gasteiger partial charge in [0.1, 0.15) is 0 Å². The fraction of sp³-hybridized carbons (Fsp3) is 0.433. The quantitative estimate of drug-likeness (QED) is 0.360. The number of piperazine rings is 1. The number of benzene rings is 2. The van der Waals surface area contributed by atoms with Crippen molar-refractivity contribution in [3.05, 3.63) is 53.6 Å². The second-order valence-corrected chi connectivity index (χ2v) is 11.0. The second kappa shape index (κ2) is 10.3. The van der Waals surface area contributed by atoms with Gasteiger partial charge in [-0.3, -0.25) is 0 Å². The van der Waals surface area contributed by atoms with Crippen molar-refractivity contribution in [2.75, 3.05) is 37.4 Å². The van der Waals surface area contributed by atoms with Crippen molar-refractivity contribution in [2.45, 2.75) is 59.2 Å². The first kappa shape index (κ1) is 26.1. The number of nitrogens with one attached hydrogen (secondary N) is 1. The fourth-order valence-corrected chi connectivity index (χ4v) is 5.26. The molecule has 5 rings (SSSR count). The number of rotatable bonds is 7. The molecule has 1 fully saturated rings. The Balaban J connectivity index is 1.64.